The topological polar surface area (TPSA) is 32.3 Å². The van der Waals surface area contributed by atoms with Gasteiger partial charge in [-0.05, 0) is 51.0 Å². The summed E-state index contributed by atoms with van der Waals surface area (Å²) in [6.45, 7) is 1.22. The highest BCUT2D eigenvalue weighted by atomic mass is 16.3. The third-order valence-electron chi connectivity index (χ3n) is 3.87. The van der Waals surface area contributed by atoms with Crippen molar-refractivity contribution in [3.05, 3.63) is 0 Å². The van der Waals surface area contributed by atoms with Crippen molar-refractivity contribution in [1.82, 2.24) is 5.32 Å². The zero-order valence-electron chi connectivity index (χ0n) is 9.04. The van der Waals surface area contributed by atoms with Crippen molar-refractivity contribution < 1.29 is 5.11 Å². The summed E-state index contributed by atoms with van der Waals surface area (Å²) in [7, 11) is 0. The zero-order chi connectivity index (χ0) is 9.80. The van der Waals surface area contributed by atoms with Crippen LogP contribution in [-0.2, 0) is 0 Å². The Kier molecular flexibility index (Phi) is 3.82. The van der Waals surface area contributed by atoms with E-state index in [0.29, 0.717) is 6.04 Å². The number of rotatable bonds is 3. The molecule has 2 saturated carbocycles. The van der Waals surface area contributed by atoms with Crippen LogP contribution in [0.1, 0.15) is 51.4 Å². The molecule has 2 aliphatic rings. The molecule has 2 fully saturated rings. The second kappa shape index (κ2) is 5.13. The normalized spacial score (nSPS) is 34.9. The fraction of sp³-hybridized carbons (Fsp3) is 1.00. The van der Waals surface area contributed by atoms with E-state index in [0.717, 1.165) is 18.8 Å². The van der Waals surface area contributed by atoms with Crippen molar-refractivity contribution in [2.45, 2.75) is 63.5 Å². The third-order valence-corrected chi connectivity index (χ3v) is 3.87. The Morgan fingerprint density at radius 1 is 0.929 bits per heavy atom. The quantitative estimate of drug-likeness (QED) is 0.726. The first kappa shape index (κ1) is 10.4. The van der Waals surface area contributed by atoms with Crippen LogP contribution in [-0.4, -0.2) is 23.8 Å². The molecule has 82 valence electrons. The molecule has 14 heavy (non-hydrogen) atoms. The van der Waals surface area contributed by atoms with Gasteiger partial charge in [0, 0.05) is 6.04 Å². The number of hydrogen-bond acceptors (Lipinski definition) is 2. The first-order valence-corrected chi connectivity index (χ1v) is 6.26. The number of aliphatic hydroxyl groups excluding tert-OH is 1. The second-order valence-electron chi connectivity index (χ2n) is 5.06. The minimum Gasteiger partial charge on any atom is -0.393 e. The van der Waals surface area contributed by atoms with Gasteiger partial charge >= 0.3 is 0 Å². The Balaban J connectivity index is 1.60. The van der Waals surface area contributed by atoms with E-state index in [1.165, 1.54) is 45.1 Å². The van der Waals surface area contributed by atoms with Crippen LogP contribution in [0.2, 0.25) is 0 Å². The van der Waals surface area contributed by atoms with E-state index in [4.69, 9.17) is 0 Å². The lowest BCUT2D eigenvalue weighted by Crippen LogP contribution is -2.36. The third kappa shape index (κ3) is 2.96. The predicted molar refractivity (Wildman–Crippen MR) is 58.2 cm³/mol. The van der Waals surface area contributed by atoms with Crippen molar-refractivity contribution in [1.29, 1.82) is 0 Å². The first-order valence-electron chi connectivity index (χ1n) is 6.26. The Morgan fingerprint density at radius 2 is 1.57 bits per heavy atom. The Labute approximate surface area is 87.1 Å². The van der Waals surface area contributed by atoms with E-state index >= 15 is 0 Å². The van der Waals surface area contributed by atoms with Gasteiger partial charge in [0.1, 0.15) is 0 Å². The van der Waals surface area contributed by atoms with E-state index in [-0.39, 0.29) is 6.10 Å². The Bertz CT molecular complexity index is 158. The lowest BCUT2D eigenvalue weighted by Gasteiger charge is -2.27. The average molecular weight is 197 g/mol. The van der Waals surface area contributed by atoms with Gasteiger partial charge in [-0.15, -0.1) is 0 Å². The molecule has 2 N–H and O–H groups in total. The van der Waals surface area contributed by atoms with Crippen LogP contribution in [0.5, 0.6) is 0 Å². The predicted octanol–water partition coefficient (Wildman–Crippen LogP) is 2.07. The summed E-state index contributed by atoms with van der Waals surface area (Å²) in [4.78, 5) is 0. The summed E-state index contributed by atoms with van der Waals surface area (Å²) in [5.41, 5.74) is 0. The van der Waals surface area contributed by atoms with Gasteiger partial charge in [0.05, 0.1) is 6.10 Å². The zero-order valence-corrected chi connectivity index (χ0v) is 9.04. The van der Waals surface area contributed by atoms with Gasteiger partial charge in [0.2, 0.25) is 0 Å². The molecule has 0 aromatic carbocycles. The average Bonchev–Trinajstić information content (AvgIpc) is 2.70. The van der Waals surface area contributed by atoms with Crippen LogP contribution in [0.4, 0.5) is 0 Å². The summed E-state index contributed by atoms with van der Waals surface area (Å²) >= 11 is 0. The Morgan fingerprint density at radius 3 is 2.21 bits per heavy atom. The van der Waals surface area contributed by atoms with Gasteiger partial charge in [-0.25, -0.2) is 0 Å². The maximum atomic E-state index is 9.38. The molecule has 0 aromatic heterocycles. The molecule has 2 rings (SSSR count). The van der Waals surface area contributed by atoms with E-state index in [2.05, 4.69) is 5.32 Å². The molecule has 0 saturated heterocycles. The van der Waals surface area contributed by atoms with Crippen molar-refractivity contribution in [3.8, 4) is 0 Å². The summed E-state index contributed by atoms with van der Waals surface area (Å²) in [5, 5.41) is 13.1. The molecule has 2 aliphatic carbocycles. The van der Waals surface area contributed by atoms with Gasteiger partial charge in [0.25, 0.3) is 0 Å². The standard InChI is InChI=1S/C12H23NO/c14-12-7-5-11(6-8-12)13-9-10-3-1-2-4-10/h10-14H,1-9H2. The van der Waals surface area contributed by atoms with Gasteiger partial charge in [0.15, 0.2) is 0 Å². The van der Waals surface area contributed by atoms with Crippen LogP contribution >= 0.6 is 0 Å². The van der Waals surface area contributed by atoms with Crippen molar-refractivity contribution in [3.63, 3.8) is 0 Å². The van der Waals surface area contributed by atoms with E-state index in [1.807, 2.05) is 0 Å². The van der Waals surface area contributed by atoms with Gasteiger partial charge in [-0.2, -0.15) is 0 Å². The molecule has 0 aliphatic heterocycles. The minimum absolute atomic E-state index is 0.0143. The highest BCUT2D eigenvalue weighted by Gasteiger charge is 2.21. The molecule has 0 radical (unpaired) electrons. The van der Waals surface area contributed by atoms with Gasteiger partial charge in [-0.1, -0.05) is 12.8 Å². The van der Waals surface area contributed by atoms with Crippen LogP contribution in [0.25, 0.3) is 0 Å². The van der Waals surface area contributed by atoms with Crippen molar-refractivity contribution in [2.75, 3.05) is 6.54 Å². The summed E-state index contributed by atoms with van der Waals surface area (Å²) in [6, 6.07) is 0.694. The number of hydrogen-bond donors (Lipinski definition) is 2. The minimum atomic E-state index is -0.0143. The van der Waals surface area contributed by atoms with E-state index in [1.54, 1.807) is 0 Å². The van der Waals surface area contributed by atoms with Crippen molar-refractivity contribution in [2.24, 2.45) is 5.92 Å². The summed E-state index contributed by atoms with van der Waals surface area (Å²) in [6.07, 6.45) is 10.1. The fourth-order valence-electron chi connectivity index (χ4n) is 2.83. The van der Waals surface area contributed by atoms with Crippen LogP contribution in [0, 0.1) is 5.92 Å². The first-order chi connectivity index (χ1) is 6.84. The van der Waals surface area contributed by atoms with Crippen LogP contribution in [0.3, 0.4) is 0 Å². The van der Waals surface area contributed by atoms with E-state index < -0.39 is 0 Å². The molecule has 0 aromatic rings. The van der Waals surface area contributed by atoms with Crippen molar-refractivity contribution >= 4 is 0 Å². The van der Waals surface area contributed by atoms with Crippen LogP contribution < -0.4 is 5.32 Å². The van der Waals surface area contributed by atoms with E-state index in [9.17, 15) is 5.11 Å². The molecule has 0 unspecified atom stereocenters. The monoisotopic (exact) mass is 197 g/mol. The molecular formula is C12H23NO. The molecule has 0 spiro atoms. The summed E-state index contributed by atoms with van der Waals surface area (Å²) in [5.74, 6) is 0.946. The fourth-order valence-corrected chi connectivity index (χ4v) is 2.83. The second-order valence-corrected chi connectivity index (χ2v) is 5.06. The number of nitrogens with one attached hydrogen (secondary N) is 1. The SMILES string of the molecule is OC1CCC(NCC2CCCC2)CC1. The maximum absolute atomic E-state index is 9.38. The Hall–Kier alpha value is -0.0800. The summed E-state index contributed by atoms with van der Waals surface area (Å²) < 4.78 is 0. The molecule has 0 heterocycles. The highest BCUT2D eigenvalue weighted by Crippen LogP contribution is 2.25. The molecule has 0 atom stereocenters. The van der Waals surface area contributed by atoms with Gasteiger partial charge in [-0.3, -0.25) is 0 Å². The lowest BCUT2D eigenvalue weighted by molar-refractivity contribution is 0.116. The molecular weight excluding hydrogens is 174 g/mol. The smallest absolute Gasteiger partial charge is 0.0541 e. The van der Waals surface area contributed by atoms with Gasteiger partial charge < -0.3 is 10.4 Å². The molecule has 2 nitrogen and oxygen atoms in total. The largest absolute Gasteiger partial charge is 0.393 e. The molecule has 0 bridgehead atoms. The lowest BCUT2D eigenvalue weighted by atomic mass is 9.92. The molecule has 0 amide bonds. The van der Waals surface area contributed by atoms with Crippen LogP contribution in [0.15, 0.2) is 0 Å². The molecule has 2 heteroatoms. The number of aliphatic hydroxyl groups is 1. The highest BCUT2D eigenvalue weighted by molar-refractivity contribution is 4.78. The maximum Gasteiger partial charge on any atom is 0.0541 e.